The first-order chi connectivity index (χ1) is 13.1. The molecular weight excluding hydrogens is 356 g/mol. The Morgan fingerprint density at radius 3 is 2.30 bits per heavy atom. The molecule has 4 rings (SSSR count). The summed E-state index contributed by atoms with van der Waals surface area (Å²) < 4.78 is 5.85. The number of nitrogens with zero attached hydrogens (tertiary/aromatic N) is 3. The Morgan fingerprint density at radius 2 is 1.63 bits per heavy atom. The normalized spacial score (nSPS) is 12.1. The van der Waals surface area contributed by atoms with E-state index in [1.807, 2.05) is 50.2 Å². The van der Waals surface area contributed by atoms with Crippen LogP contribution in [0.5, 0.6) is 0 Å². The van der Waals surface area contributed by atoms with Gasteiger partial charge < -0.3 is 9.73 Å². The topological polar surface area (TPSA) is 63.8 Å². The van der Waals surface area contributed by atoms with Crippen molar-refractivity contribution >= 4 is 17.0 Å². The molecule has 27 heavy (non-hydrogen) atoms. The second-order valence-electron chi connectivity index (χ2n) is 6.51. The lowest BCUT2D eigenvalue weighted by atomic mass is 10.1. The third-order valence-electron chi connectivity index (χ3n) is 4.29. The highest BCUT2D eigenvalue weighted by molar-refractivity contribution is 7.09. The standard InChI is InChI=1S/C21H20N4OS/c1-13-4-6-17(7-5-13)21-25-24-20(26-21)14(2)22-18-10-8-16(9-11-18)19-12-27-15(3)23-19/h4-12,14,22H,1-3H3. The second kappa shape index (κ2) is 7.32. The molecule has 2 heterocycles. The maximum Gasteiger partial charge on any atom is 0.247 e. The van der Waals surface area contributed by atoms with Crippen LogP contribution >= 0.6 is 11.3 Å². The molecule has 0 aliphatic carbocycles. The van der Waals surface area contributed by atoms with Crippen LogP contribution in [-0.4, -0.2) is 15.2 Å². The van der Waals surface area contributed by atoms with Crippen molar-refractivity contribution < 1.29 is 4.42 Å². The van der Waals surface area contributed by atoms with E-state index < -0.39 is 0 Å². The van der Waals surface area contributed by atoms with Gasteiger partial charge in [-0.2, -0.15) is 0 Å². The predicted octanol–water partition coefficient (Wildman–Crippen LogP) is 5.65. The summed E-state index contributed by atoms with van der Waals surface area (Å²) in [6, 6.07) is 16.2. The van der Waals surface area contributed by atoms with Gasteiger partial charge in [-0.05, 0) is 45.0 Å². The molecule has 2 aromatic heterocycles. The molecule has 2 aromatic carbocycles. The highest BCUT2D eigenvalue weighted by Crippen LogP contribution is 2.26. The van der Waals surface area contributed by atoms with E-state index in [0.717, 1.165) is 27.5 Å². The molecule has 1 N–H and O–H groups in total. The Hall–Kier alpha value is -2.99. The lowest BCUT2D eigenvalue weighted by Crippen LogP contribution is -2.06. The number of nitrogens with one attached hydrogen (secondary N) is 1. The Labute approximate surface area is 162 Å². The van der Waals surface area contributed by atoms with E-state index in [-0.39, 0.29) is 6.04 Å². The minimum Gasteiger partial charge on any atom is -0.418 e. The fourth-order valence-electron chi connectivity index (χ4n) is 2.77. The highest BCUT2D eigenvalue weighted by Gasteiger charge is 2.15. The van der Waals surface area contributed by atoms with Gasteiger partial charge in [-0.3, -0.25) is 0 Å². The monoisotopic (exact) mass is 376 g/mol. The maximum atomic E-state index is 5.85. The largest absolute Gasteiger partial charge is 0.418 e. The highest BCUT2D eigenvalue weighted by atomic mass is 32.1. The van der Waals surface area contributed by atoms with Gasteiger partial charge in [-0.25, -0.2) is 4.98 Å². The van der Waals surface area contributed by atoms with Crippen molar-refractivity contribution in [2.24, 2.45) is 0 Å². The minimum atomic E-state index is -0.0935. The van der Waals surface area contributed by atoms with E-state index in [9.17, 15) is 0 Å². The van der Waals surface area contributed by atoms with E-state index in [4.69, 9.17) is 4.42 Å². The molecule has 0 saturated carbocycles. The molecule has 1 atom stereocenters. The Kier molecular flexibility index (Phi) is 4.73. The van der Waals surface area contributed by atoms with Crippen molar-refractivity contribution in [2.75, 3.05) is 5.32 Å². The zero-order valence-electron chi connectivity index (χ0n) is 15.4. The van der Waals surface area contributed by atoms with Crippen molar-refractivity contribution in [2.45, 2.75) is 26.8 Å². The van der Waals surface area contributed by atoms with Crippen LogP contribution in [0.2, 0.25) is 0 Å². The molecule has 136 valence electrons. The van der Waals surface area contributed by atoms with Crippen LogP contribution in [0.3, 0.4) is 0 Å². The summed E-state index contributed by atoms with van der Waals surface area (Å²) >= 11 is 1.66. The fraction of sp³-hybridized carbons (Fsp3) is 0.190. The second-order valence-corrected chi connectivity index (χ2v) is 7.57. The van der Waals surface area contributed by atoms with Gasteiger partial charge in [0.05, 0.1) is 10.7 Å². The minimum absolute atomic E-state index is 0.0935. The first-order valence-electron chi connectivity index (χ1n) is 8.78. The van der Waals surface area contributed by atoms with Gasteiger partial charge >= 0.3 is 0 Å². The smallest absolute Gasteiger partial charge is 0.247 e. The number of thiazole rings is 1. The molecular formula is C21H20N4OS. The number of aromatic nitrogens is 3. The quantitative estimate of drug-likeness (QED) is 0.487. The Morgan fingerprint density at radius 1 is 0.926 bits per heavy atom. The van der Waals surface area contributed by atoms with Crippen molar-refractivity contribution in [3.63, 3.8) is 0 Å². The molecule has 4 aromatic rings. The predicted molar refractivity (Wildman–Crippen MR) is 109 cm³/mol. The third-order valence-corrected chi connectivity index (χ3v) is 5.07. The molecule has 0 fully saturated rings. The first kappa shape index (κ1) is 17.4. The summed E-state index contributed by atoms with van der Waals surface area (Å²) in [6.45, 7) is 6.07. The van der Waals surface area contributed by atoms with Crippen LogP contribution < -0.4 is 5.32 Å². The van der Waals surface area contributed by atoms with Crippen LogP contribution in [0.15, 0.2) is 58.3 Å². The van der Waals surface area contributed by atoms with Crippen LogP contribution in [0.4, 0.5) is 5.69 Å². The maximum absolute atomic E-state index is 5.85. The number of anilines is 1. The van der Waals surface area contributed by atoms with Crippen LogP contribution in [0.25, 0.3) is 22.7 Å². The number of hydrogen-bond acceptors (Lipinski definition) is 6. The van der Waals surface area contributed by atoms with Crippen molar-refractivity contribution in [3.8, 4) is 22.7 Å². The average Bonchev–Trinajstić information content (AvgIpc) is 3.32. The summed E-state index contributed by atoms with van der Waals surface area (Å²) in [5.41, 5.74) is 5.24. The molecule has 5 nitrogen and oxygen atoms in total. The SMILES string of the molecule is Cc1ccc(-c2nnc(C(C)Nc3ccc(-c4csc(C)n4)cc3)o2)cc1. The molecule has 0 bridgehead atoms. The third kappa shape index (κ3) is 3.90. The van der Waals surface area contributed by atoms with E-state index in [2.05, 4.69) is 44.9 Å². The van der Waals surface area contributed by atoms with E-state index >= 15 is 0 Å². The summed E-state index contributed by atoms with van der Waals surface area (Å²) in [6.07, 6.45) is 0. The fourth-order valence-corrected chi connectivity index (χ4v) is 3.39. The van der Waals surface area contributed by atoms with Gasteiger partial charge in [0.1, 0.15) is 6.04 Å². The lowest BCUT2D eigenvalue weighted by Gasteiger charge is -2.11. The molecule has 0 radical (unpaired) electrons. The van der Waals surface area contributed by atoms with Crippen LogP contribution in [0.1, 0.15) is 29.4 Å². The summed E-state index contributed by atoms with van der Waals surface area (Å²) in [5, 5.41) is 14.9. The molecule has 0 amide bonds. The molecule has 0 aliphatic rings. The molecule has 6 heteroatoms. The lowest BCUT2D eigenvalue weighted by molar-refractivity contribution is 0.485. The number of benzene rings is 2. The van der Waals surface area contributed by atoms with Gasteiger partial charge in [0.15, 0.2) is 0 Å². The summed E-state index contributed by atoms with van der Waals surface area (Å²) in [7, 11) is 0. The molecule has 0 saturated heterocycles. The van der Waals surface area contributed by atoms with Crippen LogP contribution in [0, 0.1) is 13.8 Å². The molecule has 0 spiro atoms. The van der Waals surface area contributed by atoms with Gasteiger partial charge in [0, 0.05) is 22.2 Å². The summed E-state index contributed by atoms with van der Waals surface area (Å²) in [4.78, 5) is 4.52. The van der Waals surface area contributed by atoms with E-state index in [1.54, 1.807) is 11.3 Å². The molecule has 0 aliphatic heterocycles. The van der Waals surface area contributed by atoms with Crippen molar-refractivity contribution in [1.82, 2.24) is 15.2 Å². The van der Waals surface area contributed by atoms with Crippen molar-refractivity contribution in [3.05, 3.63) is 70.4 Å². The number of aryl methyl sites for hydroxylation is 2. The van der Waals surface area contributed by atoms with Gasteiger partial charge in [0.25, 0.3) is 0 Å². The zero-order valence-corrected chi connectivity index (χ0v) is 16.2. The molecule has 1 unspecified atom stereocenters. The van der Waals surface area contributed by atoms with Crippen LogP contribution in [-0.2, 0) is 0 Å². The summed E-state index contributed by atoms with van der Waals surface area (Å²) in [5.74, 6) is 1.10. The van der Waals surface area contributed by atoms with E-state index in [0.29, 0.717) is 11.8 Å². The van der Waals surface area contributed by atoms with Gasteiger partial charge in [0.2, 0.25) is 11.8 Å². The van der Waals surface area contributed by atoms with Crippen molar-refractivity contribution in [1.29, 1.82) is 0 Å². The zero-order chi connectivity index (χ0) is 18.8. The van der Waals surface area contributed by atoms with Gasteiger partial charge in [-0.15, -0.1) is 21.5 Å². The van der Waals surface area contributed by atoms with E-state index in [1.165, 1.54) is 5.56 Å². The number of hydrogen-bond donors (Lipinski definition) is 1. The first-order valence-corrected chi connectivity index (χ1v) is 9.66. The van der Waals surface area contributed by atoms with Gasteiger partial charge in [-0.1, -0.05) is 29.8 Å². The Balaban J connectivity index is 1.46. The number of rotatable bonds is 5. The Bertz CT molecular complexity index is 1030. The average molecular weight is 376 g/mol.